The molecule has 0 aliphatic carbocycles. The van der Waals surface area contributed by atoms with Gasteiger partial charge in [-0.2, -0.15) is 26.7 Å². The first-order valence-electron chi connectivity index (χ1n) is 10.1. The third kappa shape index (κ3) is 5.73. The number of benzene rings is 2. The van der Waals surface area contributed by atoms with Gasteiger partial charge in [0.25, 0.3) is 10.1 Å². The van der Waals surface area contributed by atoms with Crippen molar-refractivity contribution in [3.05, 3.63) is 65.9 Å². The number of aromatic nitrogens is 2. The molecule has 3 aromatic rings. The zero-order chi connectivity index (χ0) is 23.6. The molecular weight excluding hydrogens is 459 g/mol. The van der Waals surface area contributed by atoms with Crippen molar-refractivity contribution in [3.8, 4) is 16.9 Å². The summed E-state index contributed by atoms with van der Waals surface area (Å²) < 4.78 is 74.1. The number of halogens is 3. The normalized spacial score (nSPS) is 15.1. The number of nitrogens with zero attached hydrogens (tertiary/aromatic N) is 3. The Kier molecular flexibility index (Phi) is 6.46. The van der Waals surface area contributed by atoms with E-state index in [0.29, 0.717) is 24.5 Å². The number of rotatable bonds is 6. The first kappa shape index (κ1) is 23.3. The zero-order valence-electron chi connectivity index (χ0n) is 17.7. The van der Waals surface area contributed by atoms with Gasteiger partial charge < -0.3 is 9.64 Å². The Morgan fingerprint density at radius 1 is 1.03 bits per heavy atom. The molecule has 0 atom stereocenters. The van der Waals surface area contributed by atoms with Crippen LogP contribution in [-0.2, 0) is 31.8 Å². The van der Waals surface area contributed by atoms with E-state index in [0.717, 1.165) is 37.2 Å². The van der Waals surface area contributed by atoms with E-state index in [4.69, 9.17) is 8.92 Å². The Morgan fingerprint density at radius 2 is 1.73 bits per heavy atom. The maximum Gasteiger partial charge on any atom is 0.416 e. The quantitative estimate of drug-likeness (QED) is 0.498. The lowest BCUT2D eigenvalue weighted by Gasteiger charge is -2.28. The van der Waals surface area contributed by atoms with Crippen molar-refractivity contribution in [1.82, 2.24) is 9.78 Å². The van der Waals surface area contributed by atoms with E-state index in [1.807, 2.05) is 24.3 Å². The summed E-state index contributed by atoms with van der Waals surface area (Å²) in [6, 6.07) is 14.0. The lowest BCUT2D eigenvalue weighted by atomic mass is 10.1. The van der Waals surface area contributed by atoms with Crippen molar-refractivity contribution in [2.75, 3.05) is 37.5 Å². The minimum atomic E-state index is -4.51. The van der Waals surface area contributed by atoms with Crippen molar-refractivity contribution in [2.45, 2.75) is 12.8 Å². The third-order valence-corrected chi connectivity index (χ3v) is 5.68. The van der Waals surface area contributed by atoms with Crippen LogP contribution in [0.15, 0.2) is 54.6 Å². The highest BCUT2D eigenvalue weighted by atomic mass is 32.2. The Labute approximate surface area is 189 Å². The van der Waals surface area contributed by atoms with Crippen LogP contribution in [0, 0.1) is 0 Å². The largest absolute Gasteiger partial charge is 0.416 e. The van der Waals surface area contributed by atoms with Gasteiger partial charge >= 0.3 is 6.18 Å². The minimum Gasteiger partial charge on any atom is -0.378 e. The van der Waals surface area contributed by atoms with Crippen LogP contribution in [-0.4, -0.2) is 50.8 Å². The molecule has 33 heavy (non-hydrogen) atoms. The summed E-state index contributed by atoms with van der Waals surface area (Å²) in [4.78, 5) is 2.18. The van der Waals surface area contributed by atoms with E-state index >= 15 is 0 Å². The van der Waals surface area contributed by atoms with Gasteiger partial charge in [-0.15, -0.1) is 0 Å². The maximum atomic E-state index is 13.3. The standard InChI is InChI=1S/C22H22F3N3O4S/c1-33(29,30)32-15-18-14-21(16-5-7-19(8-6-16)27-9-11-31-12-10-27)28(26-18)20-4-2-3-17(13-20)22(23,24)25/h2-8,13-14H,9-12,15H2,1H3. The van der Waals surface area contributed by atoms with Gasteiger partial charge in [-0.3, -0.25) is 4.18 Å². The van der Waals surface area contributed by atoms with Crippen molar-refractivity contribution >= 4 is 15.8 Å². The van der Waals surface area contributed by atoms with E-state index in [-0.39, 0.29) is 18.0 Å². The van der Waals surface area contributed by atoms with Crippen molar-refractivity contribution in [2.24, 2.45) is 0 Å². The Hall–Kier alpha value is -2.89. The molecule has 1 saturated heterocycles. The first-order valence-corrected chi connectivity index (χ1v) is 12.0. The second-order valence-electron chi connectivity index (χ2n) is 7.59. The van der Waals surface area contributed by atoms with Crippen LogP contribution in [0.3, 0.4) is 0 Å². The summed E-state index contributed by atoms with van der Waals surface area (Å²) in [7, 11) is -3.71. The Morgan fingerprint density at radius 3 is 2.36 bits per heavy atom. The van der Waals surface area contributed by atoms with Crippen LogP contribution >= 0.6 is 0 Å². The summed E-state index contributed by atoms with van der Waals surface area (Å²) >= 11 is 0. The molecule has 0 amide bonds. The highest BCUT2D eigenvalue weighted by Gasteiger charge is 2.31. The van der Waals surface area contributed by atoms with Crippen LogP contribution in [0.25, 0.3) is 16.9 Å². The van der Waals surface area contributed by atoms with Gasteiger partial charge in [-0.25, -0.2) is 4.68 Å². The van der Waals surface area contributed by atoms with Crippen LogP contribution in [0.2, 0.25) is 0 Å². The molecular formula is C22H22F3N3O4S. The predicted octanol–water partition coefficient (Wildman–Crippen LogP) is 3.87. The lowest BCUT2D eigenvalue weighted by molar-refractivity contribution is -0.137. The molecule has 0 unspecified atom stereocenters. The number of ether oxygens (including phenoxy) is 1. The monoisotopic (exact) mass is 481 g/mol. The Balaban J connectivity index is 1.72. The van der Waals surface area contributed by atoms with Crippen molar-refractivity contribution < 1.29 is 30.5 Å². The zero-order valence-corrected chi connectivity index (χ0v) is 18.6. The third-order valence-electron chi connectivity index (χ3n) is 5.14. The maximum absolute atomic E-state index is 13.3. The molecule has 7 nitrogen and oxygen atoms in total. The van der Waals surface area contributed by atoms with Gasteiger partial charge in [-0.05, 0) is 36.4 Å². The smallest absolute Gasteiger partial charge is 0.378 e. The number of hydrogen-bond donors (Lipinski definition) is 0. The Bertz CT molecular complexity index is 1220. The molecule has 2 aromatic carbocycles. The molecule has 0 saturated carbocycles. The molecule has 0 N–H and O–H groups in total. The van der Waals surface area contributed by atoms with E-state index < -0.39 is 21.9 Å². The summed E-state index contributed by atoms with van der Waals surface area (Å²) in [5.41, 5.74) is 1.89. The lowest BCUT2D eigenvalue weighted by Crippen LogP contribution is -2.36. The number of morpholine rings is 1. The average Bonchev–Trinajstić information content (AvgIpc) is 3.22. The highest BCUT2D eigenvalue weighted by molar-refractivity contribution is 7.85. The molecule has 1 fully saturated rings. The van der Waals surface area contributed by atoms with Gasteiger partial charge in [-0.1, -0.05) is 18.2 Å². The van der Waals surface area contributed by atoms with E-state index in [1.165, 1.54) is 16.8 Å². The molecule has 0 bridgehead atoms. The topological polar surface area (TPSA) is 73.7 Å². The molecule has 11 heteroatoms. The van der Waals surface area contributed by atoms with Gasteiger partial charge in [0.1, 0.15) is 6.61 Å². The molecule has 0 spiro atoms. The molecule has 1 aliphatic rings. The summed E-state index contributed by atoms with van der Waals surface area (Å²) in [5.74, 6) is 0. The van der Waals surface area contributed by atoms with Gasteiger partial charge in [0.15, 0.2) is 0 Å². The SMILES string of the molecule is CS(=O)(=O)OCc1cc(-c2ccc(N3CCOCC3)cc2)n(-c2cccc(C(F)(F)F)c2)n1. The molecule has 4 rings (SSSR count). The molecule has 2 heterocycles. The second kappa shape index (κ2) is 9.16. The van der Waals surface area contributed by atoms with Crippen LogP contribution in [0.5, 0.6) is 0 Å². The van der Waals surface area contributed by atoms with Crippen LogP contribution in [0.4, 0.5) is 18.9 Å². The highest BCUT2D eigenvalue weighted by Crippen LogP contribution is 2.32. The van der Waals surface area contributed by atoms with Crippen molar-refractivity contribution in [1.29, 1.82) is 0 Å². The van der Waals surface area contributed by atoms with E-state index in [9.17, 15) is 21.6 Å². The van der Waals surface area contributed by atoms with E-state index in [1.54, 1.807) is 6.07 Å². The minimum absolute atomic E-state index is 0.197. The van der Waals surface area contributed by atoms with Gasteiger partial charge in [0.2, 0.25) is 0 Å². The predicted molar refractivity (Wildman–Crippen MR) is 117 cm³/mol. The van der Waals surface area contributed by atoms with E-state index in [2.05, 4.69) is 10.00 Å². The van der Waals surface area contributed by atoms with Gasteiger partial charge in [0.05, 0.1) is 42.1 Å². The fourth-order valence-electron chi connectivity index (χ4n) is 3.55. The summed E-state index contributed by atoms with van der Waals surface area (Å²) in [6.07, 6.45) is -3.59. The van der Waals surface area contributed by atoms with Crippen molar-refractivity contribution in [3.63, 3.8) is 0 Å². The van der Waals surface area contributed by atoms with Crippen LogP contribution in [0.1, 0.15) is 11.3 Å². The van der Waals surface area contributed by atoms with Crippen LogP contribution < -0.4 is 4.90 Å². The molecule has 176 valence electrons. The number of hydrogen-bond acceptors (Lipinski definition) is 6. The summed E-state index contributed by atoms with van der Waals surface area (Å²) in [6.45, 7) is 2.51. The molecule has 0 radical (unpaired) electrons. The number of alkyl halides is 3. The van der Waals surface area contributed by atoms with Gasteiger partial charge in [0, 0.05) is 24.3 Å². The summed E-state index contributed by atoms with van der Waals surface area (Å²) in [5, 5.41) is 4.33. The fraction of sp³-hybridized carbons (Fsp3) is 0.318. The second-order valence-corrected chi connectivity index (χ2v) is 9.24. The molecule has 1 aromatic heterocycles. The number of anilines is 1. The molecule has 1 aliphatic heterocycles. The average molecular weight is 481 g/mol. The first-order chi connectivity index (χ1) is 15.6. The fourth-order valence-corrected chi connectivity index (χ4v) is 3.88.